The highest BCUT2D eigenvalue weighted by atomic mass is 127. The van der Waals surface area contributed by atoms with Gasteiger partial charge in [-0.15, -0.1) is 24.0 Å². The first-order chi connectivity index (χ1) is 13.3. The largest absolute Gasteiger partial charge is 0.465 e. The molecule has 2 aliphatic rings. The molecule has 29 heavy (non-hydrogen) atoms. The maximum Gasteiger partial charge on any atom is 0.401 e. The molecule has 0 spiro atoms. The van der Waals surface area contributed by atoms with E-state index in [0.29, 0.717) is 32.0 Å². The highest BCUT2D eigenvalue weighted by Gasteiger charge is 2.34. The number of hydrogen-bond donors (Lipinski definition) is 2. The van der Waals surface area contributed by atoms with E-state index in [4.69, 9.17) is 4.42 Å². The third-order valence-corrected chi connectivity index (χ3v) is 5.37. The Kier molecular flexibility index (Phi) is 9.08. The van der Waals surface area contributed by atoms with Crippen molar-refractivity contribution in [1.82, 2.24) is 20.4 Å². The molecule has 2 saturated heterocycles. The van der Waals surface area contributed by atoms with Gasteiger partial charge in [0.25, 0.3) is 0 Å². The van der Waals surface area contributed by atoms with Crippen molar-refractivity contribution >= 4 is 29.9 Å². The van der Waals surface area contributed by atoms with Crippen LogP contribution in [0.25, 0.3) is 0 Å². The van der Waals surface area contributed by atoms with Crippen molar-refractivity contribution in [3.8, 4) is 0 Å². The number of alkyl halides is 3. The van der Waals surface area contributed by atoms with Gasteiger partial charge in [-0.1, -0.05) is 0 Å². The van der Waals surface area contributed by atoms with E-state index >= 15 is 0 Å². The van der Waals surface area contributed by atoms with Crippen molar-refractivity contribution in [3.05, 3.63) is 23.7 Å². The Morgan fingerprint density at radius 3 is 2.59 bits per heavy atom. The summed E-state index contributed by atoms with van der Waals surface area (Å²) < 4.78 is 43.6. The lowest BCUT2D eigenvalue weighted by Gasteiger charge is -2.27. The second-order valence-corrected chi connectivity index (χ2v) is 7.64. The number of aliphatic imine (C=N–C) groups is 1. The van der Waals surface area contributed by atoms with E-state index in [-0.39, 0.29) is 36.1 Å². The molecule has 0 radical (unpaired) electrons. The highest BCUT2D eigenvalue weighted by Crippen LogP contribution is 2.26. The van der Waals surface area contributed by atoms with E-state index in [1.54, 1.807) is 7.05 Å². The predicted molar refractivity (Wildman–Crippen MR) is 118 cm³/mol. The van der Waals surface area contributed by atoms with Crippen molar-refractivity contribution in [2.24, 2.45) is 4.99 Å². The molecular formula is C19H31F3IN5O. The van der Waals surface area contributed by atoms with Gasteiger partial charge in [-0.2, -0.15) is 13.2 Å². The first-order valence-electron chi connectivity index (χ1n) is 9.91. The highest BCUT2D eigenvalue weighted by molar-refractivity contribution is 14.0. The lowest BCUT2D eigenvalue weighted by molar-refractivity contribution is -0.143. The molecule has 0 aliphatic carbocycles. The van der Waals surface area contributed by atoms with Crippen LogP contribution in [0.3, 0.4) is 0 Å². The molecule has 166 valence electrons. The number of rotatable bonds is 6. The van der Waals surface area contributed by atoms with Crippen LogP contribution in [-0.2, 0) is 0 Å². The second-order valence-electron chi connectivity index (χ2n) is 7.64. The third kappa shape index (κ3) is 7.32. The van der Waals surface area contributed by atoms with Crippen LogP contribution < -0.4 is 10.6 Å². The van der Waals surface area contributed by atoms with Crippen molar-refractivity contribution in [2.75, 3.05) is 46.3 Å². The van der Waals surface area contributed by atoms with Crippen LogP contribution in [0.4, 0.5) is 13.2 Å². The summed E-state index contributed by atoms with van der Waals surface area (Å²) in [4.78, 5) is 8.09. The first kappa shape index (κ1) is 24.3. The maximum absolute atomic E-state index is 12.6. The summed E-state index contributed by atoms with van der Waals surface area (Å²) >= 11 is 0. The molecule has 2 N–H and O–H groups in total. The summed E-state index contributed by atoms with van der Waals surface area (Å²) in [6.07, 6.45) is -1.12. The number of furan rings is 1. The molecule has 10 heteroatoms. The van der Waals surface area contributed by atoms with E-state index in [1.807, 2.05) is 19.1 Å². The van der Waals surface area contributed by atoms with Gasteiger partial charge in [-0.25, -0.2) is 0 Å². The molecule has 3 rings (SSSR count). The molecule has 0 amide bonds. The molecule has 3 heterocycles. The fourth-order valence-electron chi connectivity index (χ4n) is 4.02. The molecule has 0 saturated carbocycles. The van der Waals surface area contributed by atoms with Gasteiger partial charge >= 0.3 is 6.18 Å². The summed E-state index contributed by atoms with van der Waals surface area (Å²) in [7, 11) is 1.68. The van der Waals surface area contributed by atoms with Gasteiger partial charge in [0.1, 0.15) is 11.5 Å². The molecule has 2 fully saturated rings. The van der Waals surface area contributed by atoms with Crippen LogP contribution in [-0.4, -0.2) is 74.3 Å². The zero-order valence-corrected chi connectivity index (χ0v) is 19.3. The number of hydrogen-bond acceptors (Lipinski definition) is 4. The Labute approximate surface area is 187 Å². The molecule has 1 aromatic rings. The number of likely N-dealkylation sites (tertiary alicyclic amines) is 2. The van der Waals surface area contributed by atoms with Crippen molar-refractivity contribution in [2.45, 2.75) is 44.4 Å². The third-order valence-electron chi connectivity index (χ3n) is 5.37. The number of aryl methyl sites for hydroxylation is 1. The van der Waals surface area contributed by atoms with Gasteiger partial charge < -0.3 is 15.1 Å². The monoisotopic (exact) mass is 529 g/mol. The Morgan fingerprint density at radius 1 is 1.28 bits per heavy atom. The molecule has 2 atom stereocenters. The summed E-state index contributed by atoms with van der Waals surface area (Å²) in [5.74, 6) is 2.43. The van der Waals surface area contributed by atoms with Crippen LogP contribution >= 0.6 is 24.0 Å². The molecule has 6 nitrogen and oxygen atoms in total. The minimum atomic E-state index is -4.15. The van der Waals surface area contributed by atoms with E-state index < -0.39 is 12.7 Å². The summed E-state index contributed by atoms with van der Waals surface area (Å²) in [5.41, 5.74) is 0. The Balaban J connectivity index is 0.00000300. The lowest BCUT2D eigenvalue weighted by atomic mass is 10.2. The van der Waals surface area contributed by atoms with E-state index in [0.717, 1.165) is 24.6 Å². The average Bonchev–Trinajstić information content (AvgIpc) is 3.36. The molecule has 0 bridgehead atoms. The number of guanidine groups is 1. The van der Waals surface area contributed by atoms with Gasteiger partial charge in [0, 0.05) is 32.7 Å². The summed E-state index contributed by atoms with van der Waals surface area (Å²) in [5, 5.41) is 6.61. The fraction of sp³-hybridized carbons (Fsp3) is 0.737. The molecule has 2 unspecified atom stereocenters. The van der Waals surface area contributed by atoms with E-state index in [1.165, 1.54) is 17.7 Å². The van der Waals surface area contributed by atoms with Crippen LogP contribution in [0.15, 0.2) is 21.5 Å². The van der Waals surface area contributed by atoms with Crippen molar-refractivity contribution < 1.29 is 17.6 Å². The zero-order valence-electron chi connectivity index (χ0n) is 17.0. The predicted octanol–water partition coefficient (Wildman–Crippen LogP) is 3.14. The second kappa shape index (κ2) is 10.9. The minimum Gasteiger partial charge on any atom is -0.465 e. The van der Waals surface area contributed by atoms with Gasteiger partial charge in [0.15, 0.2) is 5.96 Å². The minimum absolute atomic E-state index is 0. The first-order valence-corrected chi connectivity index (χ1v) is 9.91. The average molecular weight is 529 g/mol. The number of nitrogens with one attached hydrogen (secondary N) is 2. The van der Waals surface area contributed by atoms with Crippen LogP contribution in [0, 0.1) is 6.92 Å². The van der Waals surface area contributed by atoms with E-state index in [9.17, 15) is 13.2 Å². The smallest absolute Gasteiger partial charge is 0.401 e. The van der Waals surface area contributed by atoms with Gasteiger partial charge in [0.05, 0.1) is 12.6 Å². The Morgan fingerprint density at radius 2 is 2.00 bits per heavy atom. The lowest BCUT2D eigenvalue weighted by Crippen LogP contribution is -2.47. The van der Waals surface area contributed by atoms with Gasteiger partial charge in [-0.3, -0.25) is 14.8 Å². The van der Waals surface area contributed by atoms with Crippen LogP contribution in [0.5, 0.6) is 0 Å². The fourth-order valence-corrected chi connectivity index (χ4v) is 4.02. The van der Waals surface area contributed by atoms with Crippen LogP contribution in [0.1, 0.15) is 36.8 Å². The zero-order chi connectivity index (χ0) is 20.1. The normalized spacial score (nSPS) is 22.5. The SMILES string of the molecule is CN=C(NCC(c1ccc(C)o1)N1CCCC1)NC1CCN(CC(F)(F)F)C1.I. The number of nitrogens with zero attached hydrogens (tertiary/aromatic N) is 3. The van der Waals surface area contributed by atoms with Crippen molar-refractivity contribution in [1.29, 1.82) is 0 Å². The van der Waals surface area contributed by atoms with Crippen LogP contribution in [0.2, 0.25) is 0 Å². The molecule has 0 aromatic carbocycles. The number of halogens is 4. The summed E-state index contributed by atoms with van der Waals surface area (Å²) in [6.45, 7) is 4.59. The Hall–Kier alpha value is -1.01. The van der Waals surface area contributed by atoms with Crippen molar-refractivity contribution in [3.63, 3.8) is 0 Å². The van der Waals surface area contributed by atoms with Gasteiger partial charge in [0.2, 0.25) is 0 Å². The topological polar surface area (TPSA) is 56.0 Å². The Bertz CT molecular complexity index is 661. The maximum atomic E-state index is 12.6. The van der Waals surface area contributed by atoms with E-state index in [2.05, 4.69) is 20.5 Å². The summed E-state index contributed by atoms with van der Waals surface area (Å²) in [6, 6.07) is 4.06. The molecular weight excluding hydrogens is 498 g/mol. The molecule has 2 aliphatic heterocycles. The quantitative estimate of drug-likeness (QED) is 0.337. The standard InChI is InChI=1S/C19H30F3N5O.HI/c1-14-5-6-17(28-14)16(27-8-3-4-9-27)11-24-18(23-2)25-15-7-10-26(12-15)13-19(20,21)22;/h5-6,15-16H,3-4,7-13H2,1-2H3,(H2,23,24,25);1H. The molecule has 1 aromatic heterocycles. The van der Waals surface area contributed by atoms with Gasteiger partial charge in [-0.05, 0) is 51.4 Å².